The number of methoxy groups -OCH3 is 1. The second-order valence-corrected chi connectivity index (χ2v) is 7.61. The van der Waals surface area contributed by atoms with Gasteiger partial charge in [0.15, 0.2) is 0 Å². The van der Waals surface area contributed by atoms with E-state index in [9.17, 15) is 22.8 Å². The van der Waals surface area contributed by atoms with Gasteiger partial charge in [0.05, 0.1) is 12.0 Å². The van der Waals surface area contributed by atoms with Gasteiger partial charge >= 0.3 is 18.1 Å². The molecule has 3 atom stereocenters. The molecule has 0 aliphatic carbocycles. The fourth-order valence-corrected chi connectivity index (χ4v) is 3.48. The lowest BCUT2D eigenvalue weighted by Crippen LogP contribution is -2.54. The molecule has 0 radical (unpaired) electrons. The molecule has 0 heterocycles. The summed E-state index contributed by atoms with van der Waals surface area (Å²) in [4.78, 5) is 25.2. The topological polar surface area (TPSA) is 61.8 Å². The predicted molar refractivity (Wildman–Crippen MR) is 111 cm³/mol. The van der Waals surface area contributed by atoms with Crippen LogP contribution in [-0.4, -0.2) is 43.3 Å². The fourth-order valence-electron chi connectivity index (χ4n) is 3.17. The molecule has 0 N–H and O–H groups in total. The van der Waals surface area contributed by atoms with E-state index < -0.39 is 40.8 Å². The van der Waals surface area contributed by atoms with Crippen molar-refractivity contribution in [1.82, 2.24) is 0 Å². The quantitative estimate of drug-likeness (QED) is 0.217. The highest BCUT2D eigenvalue weighted by atomic mass is 35.5. The van der Waals surface area contributed by atoms with Crippen LogP contribution in [0.25, 0.3) is 0 Å². The zero-order valence-corrected chi connectivity index (χ0v) is 18.8. The second-order valence-electron chi connectivity index (χ2n) is 7.05. The summed E-state index contributed by atoms with van der Waals surface area (Å²) in [6.07, 6.45) is -2.03. The molecule has 1 rings (SSSR count). The van der Waals surface area contributed by atoms with Crippen molar-refractivity contribution in [3.8, 4) is 0 Å². The number of rotatable bonds is 13. The van der Waals surface area contributed by atoms with E-state index in [4.69, 9.17) is 25.8 Å². The minimum atomic E-state index is -5.15. The largest absolute Gasteiger partial charge is 0.463 e. The smallest absolute Gasteiger partial charge is 0.432 e. The zero-order valence-electron chi connectivity index (χ0n) is 18.0. The van der Waals surface area contributed by atoms with Crippen LogP contribution in [0.4, 0.5) is 13.2 Å². The van der Waals surface area contributed by atoms with E-state index >= 15 is 0 Å². The maximum atomic E-state index is 14.1. The number of ether oxygens (including phenoxy) is 3. The van der Waals surface area contributed by atoms with Gasteiger partial charge in [-0.15, -0.1) is 11.6 Å². The van der Waals surface area contributed by atoms with Gasteiger partial charge in [-0.1, -0.05) is 69.4 Å². The molecular weight excluding hydrogens is 437 g/mol. The number of hydrogen-bond donors (Lipinski definition) is 0. The second kappa shape index (κ2) is 12.9. The van der Waals surface area contributed by atoms with Gasteiger partial charge in [-0.3, -0.25) is 0 Å². The summed E-state index contributed by atoms with van der Waals surface area (Å²) in [6, 6.07) is 6.38. The lowest BCUT2D eigenvalue weighted by atomic mass is 9.92. The van der Waals surface area contributed by atoms with Gasteiger partial charge in [-0.25, -0.2) is 9.59 Å². The van der Waals surface area contributed by atoms with Crippen LogP contribution in [0.3, 0.4) is 0 Å². The van der Waals surface area contributed by atoms with Gasteiger partial charge in [0.1, 0.15) is 0 Å². The Labute approximate surface area is 186 Å². The lowest BCUT2D eigenvalue weighted by molar-refractivity contribution is -0.278. The molecule has 0 bridgehead atoms. The third-order valence-corrected chi connectivity index (χ3v) is 5.29. The Kier molecular flexibility index (Phi) is 11.3. The first kappa shape index (κ1) is 27.2. The van der Waals surface area contributed by atoms with Gasteiger partial charge in [-0.2, -0.15) is 13.2 Å². The van der Waals surface area contributed by atoms with Crippen molar-refractivity contribution < 1.29 is 37.0 Å². The molecule has 1 aromatic rings. The van der Waals surface area contributed by atoms with Crippen LogP contribution < -0.4 is 0 Å². The van der Waals surface area contributed by atoms with E-state index in [1.165, 1.54) is 25.1 Å². The highest BCUT2D eigenvalue weighted by Gasteiger charge is 2.64. The molecule has 31 heavy (non-hydrogen) atoms. The standard InChI is InChI=1S/C22H30ClF3O5/c1-4-6-7-8-12-15-17(23)18(19(27)30-5-2)31-20(28)21(29-3,22(24,25)26)16-13-10-9-11-14-16/h9-11,13-14,17-18H,4-8,12,15H2,1-3H3/t17-,18+,21?/m0/s1. The molecule has 0 aliphatic heterocycles. The summed E-state index contributed by atoms with van der Waals surface area (Å²) in [7, 11) is 0.757. The van der Waals surface area contributed by atoms with Crippen LogP contribution in [0.15, 0.2) is 30.3 Å². The Hall–Kier alpha value is -1.80. The van der Waals surface area contributed by atoms with E-state index in [0.29, 0.717) is 6.42 Å². The van der Waals surface area contributed by atoms with Gasteiger partial charge in [-0.05, 0) is 13.3 Å². The molecule has 0 saturated heterocycles. The lowest BCUT2D eigenvalue weighted by Gasteiger charge is -2.34. The molecule has 9 heteroatoms. The number of benzene rings is 1. The van der Waals surface area contributed by atoms with E-state index in [-0.39, 0.29) is 13.0 Å². The molecule has 0 fully saturated rings. The first-order valence-corrected chi connectivity index (χ1v) is 10.8. The molecule has 5 nitrogen and oxygen atoms in total. The third kappa shape index (κ3) is 7.10. The average Bonchev–Trinajstić information content (AvgIpc) is 2.72. The van der Waals surface area contributed by atoms with E-state index in [0.717, 1.165) is 44.9 Å². The summed E-state index contributed by atoms with van der Waals surface area (Å²) in [6.45, 7) is 3.56. The molecule has 1 unspecified atom stereocenters. The van der Waals surface area contributed by atoms with Crippen LogP contribution in [0, 0.1) is 0 Å². The van der Waals surface area contributed by atoms with Crippen LogP contribution >= 0.6 is 11.6 Å². The first-order valence-electron chi connectivity index (χ1n) is 10.3. The molecule has 0 aromatic heterocycles. The number of carbonyl (C=O) groups excluding carboxylic acids is 2. The predicted octanol–water partition coefficient (Wildman–Crippen LogP) is 5.53. The number of unbranched alkanes of at least 4 members (excludes halogenated alkanes) is 4. The molecule has 0 amide bonds. The summed E-state index contributed by atoms with van der Waals surface area (Å²) in [5, 5.41) is -1.04. The van der Waals surface area contributed by atoms with Gasteiger partial charge in [0, 0.05) is 12.7 Å². The van der Waals surface area contributed by atoms with Crippen LogP contribution in [0.2, 0.25) is 0 Å². The monoisotopic (exact) mass is 466 g/mol. The summed E-state index contributed by atoms with van der Waals surface area (Å²) >= 11 is 6.29. The number of halogens is 4. The molecule has 176 valence electrons. The van der Waals surface area contributed by atoms with Crippen LogP contribution in [0.5, 0.6) is 0 Å². The normalized spacial score (nSPS) is 15.6. The number of hydrogen-bond acceptors (Lipinski definition) is 5. The van der Waals surface area contributed by atoms with E-state index in [2.05, 4.69) is 6.92 Å². The molecular formula is C22H30ClF3O5. The van der Waals surface area contributed by atoms with Gasteiger partial charge in [0.25, 0.3) is 5.60 Å². The Balaban J connectivity index is 3.14. The van der Waals surface area contributed by atoms with Crippen molar-refractivity contribution >= 4 is 23.5 Å². The third-order valence-electron chi connectivity index (χ3n) is 4.84. The van der Waals surface area contributed by atoms with Gasteiger partial charge < -0.3 is 14.2 Å². The molecule has 0 spiro atoms. The minimum Gasteiger partial charge on any atom is -0.463 e. The van der Waals surface area contributed by atoms with E-state index in [1.54, 1.807) is 0 Å². The summed E-state index contributed by atoms with van der Waals surface area (Å²) in [5.74, 6) is -2.77. The average molecular weight is 467 g/mol. The molecule has 0 aliphatic rings. The SMILES string of the molecule is CCCCCCC[C@H](Cl)[C@@H](OC(=O)C(OC)(c1ccccc1)C(F)(F)F)C(=O)OCC. The number of alkyl halides is 4. The van der Waals surface area contributed by atoms with Gasteiger partial charge in [0.2, 0.25) is 6.10 Å². The molecule has 0 saturated carbocycles. The Morgan fingerprint density at radius 2 is 1.65 bits per heavy atom. The highest BCUT2D eigenvalue weighted by molar-refractivity contribution is 6.22. The number of carbonyl (C=O) groups is 2. The van der Waals surface area contributed by atoms with Crippen LogP contribution in [0.1, 0.15) is 57.9 Å². The molecule has 1 aromatic carbocycles. The fraction of sp³-hybridized carbons (Fsp3) is 0.636. The van der Waals surface area contributed by atoms with Crippen LogP contribution in [-0.2, 0) is 29.4 Å². The first-order chi connectivity index (χ1) is 14.7. The Morgan fingerprint density at radius 1 is 1.03 bits per heavy atom. The maximum Gasteiger partial charge on any atom is 0.432 e. The van der Waals surface area contributed by atoms with Crippen molar-refractivity contribution in [3.63, 3.8) is 0 Å². The van der Waals surface area contributed by atoms with Crippen molar-refractivity contribution in [1.29, 1.82) is 0 Å². The zero-order chi connectivity index (χ0) is 23.5. The van der Waals surface area contributed by atoms with Crippen molar-refractivity contribution in [2.24, 2.45) is 0 Å². The maximum absolute atomic E-state index is 14.1. The highest BCUT2D eigenvalue weighted by Crippen LogP contribution is 2.43. The summed E-state index contributed by atoms with van der Waals surface area (Å²) in [5.41, 5.74) is -3.88. The van der Waals surface area contributed by atoms with Crippen molar-refractivity contribution in [3.05, 3.63) is 35.9 Å². The van der Waals surface area contributed by atoms with E-state index in [1.807, 2.05) is 0 Å². The summed E-state index contributed by atoms with van der Waals surface area (Å²) < 4.78 is 56.8. The Bertz CT molecular complexity index is 683. The van der Waals surface area contributed by atoms with Crippen molar-refractivity contribution in [2.75, 3.05) is 13.7 Å². The Morgan fingerprint density at radius 3 is 2.16 bits per heavy atom. The van der Waals surface area contributed by atoms with Crippen molar-refractivity contribution in [2.45, 2.75) is 75.6 Å². The number of esters is 2. The minimum absolute atomic E-state index is 0.0413.